The van der Waals surface area contributed by atoms with Gasteiger partial charge < -0.3 is 10.4 Å². The molecule has 1 amide bonds. The third-order valence-electron chi connectivity index (χ3n) is 3.35. The number of para-hydroxylation sites is 1. The molecule has 0 saturated heterocycles. The van der Waals surface area contributed by atoms with Crippen LogP contribution in [-0.4, -0.2) is 11.0 Å². The number of aromatic hydroxyl groups is 1. The first-order valence-corrected chi connectivity index (χ1v) is 6.86. The molecule has 0 radical (unpaired) electrons. The van der Waals surface area contributed by atoms with Crippen molar-refractivity contribution in [3.05, 3.63) is 59.2 Å². The average molecular weight is 269 g/mol. The maximum absolute atomic E-state index is 12.3. The Morgan fingerprint density at radius 3 is 2.20 bits per heavy atom. The molecule has 104 valence electrons. The summed E-state index contributed by atoms with van der Waals surface area (Å²) in [5, 5.41) is 12.4. The van der Waals surface area contributed by atoms with E-state index in [1.165, 1.54) is 6.07 Å². The van der Waals surface area contributed by atoms with E-state index in [0.717, 1.165) is 29.7 Å². The van der Waals surface area contributed by atoms with Gasteiger partial charge in [0.2, 0.25) is 0 Å². The van der Waals surface area contributed by atoms with E-state index in [2.05, 4.69) is 19.2 Å². The molecule has 0 aromatic heterocycles. The highest BCUT2D eigenvalue weighted by Gasteiger charge is 2.11. The third-order valence-corrected chi connectivity index (χ3v) is 3.35. The molecule has 20 heavy (non-hydrogen) atoms. The standard InChI is InChI=1S/C17H19NO2/c1-3-12-7-5-8-13(4-2)16(12)18-17(20)14-9-6-10-15(19)11-14/h5-11,19H,3-4H2,1-2H3,(H,18,20). The number of carbonyl (C=O) groups is 1. The number of hydrogen-bond donors (Lipinski definition) is 2. The van der Waals surface area contributed by atoms with Crippen molar-refractivity contribution in [1.29, 1.82) is 0 Å². The zero-order valence-electron chi connectivity index (χ0n) is 11.8. The van der Waals surface area contributed by atoms with Crippen molar-refractivity contribution in [3.8, 4) is 5.75 Å². The summed E-state index contributed by atoms with van der Waals surface area (Å²) in [6.07, 6.45) is 1.73. The van der Waals surface area contributed by atoms with Gasteiger partial charge in [-0.1, -0.05) is 38.1 Å². The van der Waals surface area contributed by atoms with Crippen LogP contribution < -0.4 is 5.32 Å². The number of phenols is 1. The molecular formula is C17H19NO2. The summed E-state index contributed by atoms with van der Waals surface area (Å²) in [6, 6.07) is 12.4. The molecule has 0 aliphatic carbocycles. The van der Waals surface area contributed by atoms with Crippen LogP contribution >= 0.6 is 0 Å². The molecule has 2 aromatic rings. The highest BCUT2D eigenvalue weighted by molar-refractivity contribution is 6.05. The van der Waals surface area contributed by atoms with E-state index in [-0.39, 0.29) is 11.7 Å². The molecule has 0 fully saturated rings. The molecule has 2 N–H and O–H groups in total. The van der Waals surface area contributed by atoms with Crippen LogP contribution in [0.4, 0.5) is 5.69 Å². The summed E-state index contributed by atoms with van der Waals surface area (Å²) < 4.78 is 0. The number of carbonyl (C=O) groups excluding carboxylic acids is 1. The minimum Gasteiger partial charge on any atom is -0.508 e. The highest BCUT2D eigenvalue weighted by Crippen LogP contribution is 2.23. The van der Waals surface area contributed by atoms with Gasteiger partial charge in [-0.2, -0.15) is 0 Å². The Balaban J connectivity index is 2.32. The van der Waals surface area contributed by atoms with E-state index in [0.29, 0.717) is 5.56 Å². The minimum atomic E-state index is -0.198. The van der Waals surface area contributed by atoms with Gasteiger partial charge in [-0.05, 0) is 42.2 Å². The van der Waals surface area contributed by atoms with Gasteiger partial charge in [0.25, 0.3) is 5.91 Å². The fourth-order valence-electron chi connectivity index (χ4n) is 2.24. The summed E-state index contributed by atoms with van der Waals surface area (Å²) in [4.78, 5) is 12.3. The van der Waals surface area contributed by atoms with Gasteiger partial charge >= 0.3 is 0 Å². The lowest BCUT2D eigenvalue weighted by Crippen LogP contribution is -2.14. The van der Waals surface area contributed by atoms with Crippen LogP contribution in [0.3, 0.4) is 0 Å². The van der Waals surface area contributed by atoms with Crippen molar-refractivity contribution >= 4 is 11.6 Å². The fourth-order valence-corrected chi connectivity index (χ4v) is 2.24. The molecule has 2 aromatic carbocycles. The van der Waals surface area contributed by atoms with Gasteiger partial charge in [0.05, 0.1) is 0 Å². The van der Waals surface area contributed by atoms with E-state index in [1.807, 2.05) is 18.2 Å². The number of hydrogen-bond acceptors (Lipinski definition) is 2. The lowest BCUT2D eigenvalue weighted by Gasteiger charge is -2.14. The zero-order chi connectivity index (χ0) is 14.5. The van der Waals surface area contributed by atoms with Crippen molar-refractivity contribution in [1.82, 2.24) is 0 Å². The van der Waals surface area contributed by atoms with E-state index in [1.54, 1.807) is 18.2 Å². The summed E-state index contributed by atoms with van der Waals surface area (Å²) in [5.41, 5.74) is 3.60. The van der Waals surface area contributed by atoms with Crippen LogP contribution in [0.2, 0.25) is 0 Å². The second-order valence-electron chi connectivity index (χ2n) is 4.66. The monoisotopic (exact) mass is 269 g/mol. The summed E-state index contributed by atoms with van der Waals surface area (Å²) in [7, 11) is 0. The van der Waals surface area contributed by atoms with Crippen LogP contribution in [0.1, 0.15) is 35.3 Å². The quantitative estimate of drug-likeness (QED) is 0.887. The topological polar surface area (TPSA) is 49.3 Å². The number of phenolic OH excluding ortho intramolecular Hbond substituents is 1. The van der Waals surface area contributed by atoms with Crippen LogP contribution in [0.5, 0.6) is 5.75 Å². The number of rotatable bonds is 4. The van der Waals surface area contributed by atoms with Crippen molar-refractivity contribution in [2.45, 2.75) is 26.7 Å². The Kier molecular flexibility index (Phi) is 4.41. The first kappa shape index (κ1) is 14.1. The summed E-state index contributed by atoms with van der Waals surface area (Å²) >= 11 is 0. The van der Waals surface area contributed by atoms with Gasteiger partial charge in [-0.3, -0.25) is 4.79 Å². The van der Waals surface area contributed by atoms with E-state index >= 15 is 0 Å². The number of nitrogens with one attached hydrogen (secondary N) is 1. The maximum atomic E-state index is 12.3. The first-order chi connectivity index (χ1) is 9.65. The highest BCUT2D eigenvalue weighted by atomic mass is 16.3. The summed E-state index contributed by atoms with van der Waals surface area (Å²) in [5.74, 6) is -0.103. The number of benzene rings is 2. The zero-order valence-corrected chi connectivity index (χ0v) is 11.8. The second-order valence-corrected chi connectivity index (χ2v) is 4.66. The predicted octanol–water partition coefficient (Wildman–Crippen LogP) is 3.77. The number of aryl methyl sites for hydroxylation is 2. The van der Waals surface area contributed by atoms with Gasteiger partial charge in [-0.15, -0.1) is 0 Å². The van der Waals surface area contributed by atoms with E-state index in [9.17, 15) is 9.90 Å². The largest absolute Gasteiger partial charge is 0.508 e. The Morgan fingerprint density at radius 2 is 1.65 bits per heavy atom. The smallest absolute Gasteiger partial charge is 0.255 e. The van der Waals surface area contributed by atoms with Crippen molar-refractivity contribution < 1.29 is 9.90 Å². The molecule has 0 saturated carbocycles. The Morgan fingerprint density at radius 1 is 1.05 bits per heavy atom. The second kappa shape index (κ2) is 6.24. The molecule has 0 aliphatic rings. The Hall–Kier alpha value is -2.29. The van der Waals surface area contributed by atoms with Gasteiger partial charge in [0.1, 0.15) is 5.75 Å². The molecule has 0 heterocycles. The lowest BCUT2D eigenvalue weighted by atomic mass is 10.0. The van der Waals surface area contributed by atoms with Crippen molar-refractivity contribution in [2.24, 2.45) is 0 Å². The Bertz CT molecular complexity index is 598. The number of anilines is 1. The molecule has 3 heteroatoms. The summed E-state index contributed by atoms with van der Waals surface area (Å²) in [6.45, 7) is 4.14. The van der Waals surface area contributed by atoms with Gasteiger partial charge in [0.15, 0.2) is 0 Å². The average Bonchev–Trinajstić information content (AvgIpc) is 2.47. The van der Waals surface area contributed by atoms with Crippen LogP contribution in [0.15, 0.2) is 42.5 Å². The first-order valence-electron chi connectivity index (χ1n) is 6.86. The van der Waals surface area contributed by atoms with Gasteiger partial charge in [-0.25, -0.2) is 0 Å². The van der Waals surface area contributed by atoms with Crippen molar-refractivity contribution in [2.75, 3.05) is 5.32 Å². The van der Waals surface area contributed by atoms with Crippen LogP contribution in [0.25, 0.3) is 0 Å². The Labute approximate surface area is 119 Å². The molecule has 0 unspecified atom stereocenters. The normalized spacial score (nSPS) is 10.3. The molecule has 2 rings (SSSR count). The van der Waals surface area contributed by atoms with Crippen LogP contribution in [0, 0.1) is 0 Å². The minimum absolute atomic E-state index is 0.0946. The van der Waals surface area contributed by atoms with Crippen LogP contribution in [-0.2, 0) is 12.8 Å². The SMILES string of the molecule is CCc1cccc(CC)c1NC(=O)c1cccc(O)c1. The van der Waals surface area contributed by atoms with Gasteiger partial charge in [0, 0.05) is 11.3 Å². The lowest BCUT2D eigenvalue weighted by molar-refractivity contribution is 0.102. The predicted molar refractivity (Wildman–Crippen MR) is 81.3 cm³/mol. The molecular weight excluding hydrogens is 250 g/mol. The molecule has 3 nitrogen and oxygen atoms in total. The molecule has 0 aliphatic heterocycles. The van der Waals surface area contributed by atoms with E-state index < -0.39 is 0 Å². The third kappa shape index (κ3) is 2.99. The molecule has 0 atom stereocenters. The van der Waals surface area contributed by atoms with Crippen molar-refractivity contribution in [3.63, 3.8) is 0 Å². The fraction of sp³-hybridized carbons (Fsp3) is 0.235. The molecule has 0 bridgehead atoms. The maximum Gasteiger partial charge on any atom is 0.255 e. The molecule has 0 spiro atoms. The van der Waals surface area contributed by atoms with E-state index in [4.69, 9.17) is 0 Å². The number of amides is 1.